The zero-order valence-electron chi connectivity index (χ0n) is 14.8. The van der Waals surface area contributed by atoms with Crippen LogP contribution >= 0.6 is 0 Å². The first-order valence-corrected chi connectivity index (χ1v) is 8.50. The summed E-state index contributed by atoms with van der Waals surface area (Å²) in [4.78, 5) is 25.6. The van der Waals surface area contributed by atoms with Gasteiger partial charge in [0.1, 0.15) is 5.76 Å². The number of amides is 1. The summed E-state index contributed by atoms with van der Waals surface area (Å²) in [5.74, 6) is 0.777. The van der Waals surface area contributed by atoms with Crippen molar-refractivity contribution in [3.63, 3.8) is 0 Å². The van der Waals surface area contributed by atoms with Gasteiger partial charge < -0.3 is 14.5 Å². The number of hydrogen-bond acceptors (Lipinski definition) is 4. The number of hydrogen-bond donors (Lipinski definition) is 1. The van der Waals surface area contributed by atoms with Crippen LogP contribution in [-0.4, -0.2) is 44.7 Å². The van der Waals surface area contributed by atoms with E-state index in [0.29, 0.717) is 24.5 Å². The van der Waals surface area contributed by atoms with Crippen molar-refractivity contribution in [2.75, 3.05) is 13.1 Å². The number of piperidine rings is 1. The molecule has 3 rings (SSSR count). The molecule has 1 amide bonds. The Kier molecular flexibility index (Phi) is 4.65. The number of rotatable bonds is 4. The Balaban J connectivity index is 1.77. The number of aliphatic carboxylic acids is 1. The minimum absolute atomic E-state index is 0.00616. The third kappa shape index (κ3) is 3.45. The molecule has 1 saturated heterocycles. The smallest absolute Gasteiger partial charge is 0.303 e. The predicted molar refractivity (Wildman–Crippen MR) is 90.9 cm³/mol. The Bertz CT molecular complexity index is 797. The van der Waals surface area contributed by atoms with Crippen molar-refractivity contribution in [2.24, 2.45) is 5.92 Å². The van der Waals surface area contributed by atoms with E-state index in [0.717, 1.165) is 30.0 Å². The molecular formula is C18H23N3O4. The summed E-state index contributed by atoms with van der Waals surface area (Å²) in [5, 5.41) is 12.9. The van der Waals surface area contributed by atoms with Crippen molar-refractivity contribution in [1.82, 2.24) is 14.6 Å². The molecule has 0 unspecified atom stereocenters. The van der Waals surface area contributed by atoms with Crippen LogP contribution < -0.4 is 0 Å². The predicted octanol–water partition coefficient (Wildman–Crippen LogP) is 2.72. The van der Waals surface area contributed by atoms with Crippen molar-refractivity contribution in [2.45, 2.75) is 40.0 Å². The average molecular weight is 345 g/mol. The topological polar surface area (TPSA) is 88.6 Å². The number of likely N-dealkylation sites (tertiary alicyclic amines) is 1. The zero-order valence-corrected chi connectivity index (χ0v) is 14.8. The lowest BCUT2D eigenvalue weighted by molar-refractivity contribution is -0.138. The number of carbonyl (C=O) groups excluding carboxylic acids is 1. The maximum absolute atomic E-state index is 12.9. The van der Waals surface area contributed by atoms with E-state index in [4.69, 9.17) is 9.63 Å². The molecule has 0 atom stereocenters. The molecular weight excluding hydrogens is 322 g/mol. The molecule has 0 bridgehead atoms. The fraction of sp³-hybridized carbons (Fsp3) is 0.500. The molecule has 3 heterocycles. The fourth-order valence-electron chi connectivity index (χ4n) is 3.55. The number of carboxylic acid groups (broad SMARTS) is 1. The van der Waals surface area contributed by atoms with Crippen molar-refractivity contribution in [3.05, 3.63) is 34.8 Å². The maximum atomic E-state index is 12.9. The molecule has 0 aliphatic carbocycles. The molecule has 25 heavy (non-hydrogen) atoms. The summed E-state index contributed by atoms with van der Waals surface area (Å²) in [6.45, 7) is 6.87. The van der Waals surface area contributed by atoms with Crippen LogP contribution in [0.5, 0.6) is 0 Å². The zero-order chi connectivity index (χ0) is 18.1. The second kappa shape index (κ2) is 6.74. The van der Waals surface area contributed by atoms with Crippen LogP contribution in [0.4, 0.5) is 0 Å². The van der Waals surface area contributed by atoms with Crippen LogP contribution in [0.1, 0.15) is 46.8 Å². The van der Waals surface area contributed by atoms with Gasteiger partial charge in [-0.25, -0.2) is 0 Å². The second-order valence-electron chi connectivity index (χ2n) is 6.75. The van der Waals surface area contributed by atoms with Gasteiger partial charge in [0.15, 0.2) is 5.82 Å². The van der Waals surface area contributed by atoms with Crippen molar-refractivity contribution in [1.29, 1.82) is 0 Å². The van der Waals surface area contributed by atoms with Crippen LogP contribution in [0.25, 0.3) is 5.82 Å². The van der Waals surface area contributed by atoms with E-state index in [9.17, 15) is 9.59 Å². The number of nitrogens with zero attached hydrogens (tertiary/aromatic N) is 3. The molecule has 2 aromatic rings. The highest BCUT2D eigenvalue weighted by atomic mass is 16.5. The van der Waals surface area contributed by atoms with E-state index in [-0.39, 0.29) is 18.2 Å². The Hall–Kier alpha value is -2.57. The molecule has 134 valence electrons. The van der Waals surface area contributed by atoms with Gasteiger partial charge in [0.25, 0.3) is 5.91 Å². The molecule has 7 heteroatoms. The number of aryl methyl sites for hydroxylation is 2. The van der Waals surface area contributed by atoms with Gasteiger partial charge in [0, 0.05) is 37.0 Å². The van der Waals surface area contributed by atoms with Crippen molar-refractivity contribution >= 4 is 11.9 Å². The molecule has 1 aliphatic rings. The summed E-state index contributed by atoms with van der Waals surface area (Å²) < 4.78 is 7.06. The van der Waals surface area contributed by atoms with E-state index in [1.165, 1.54) is 0 Å². The van der Waals surface area contributed by atoms with Gasteiger partial charge in [-0.1, -0.05) is 5.16 Å². The summed E-state index contributed by atoms with van der Waals surface area (Å²) in [6.07, 6.45) is 1.65. The average Bonchev–Trinajstić information content (AvgIpc) is 3.10. The van der Waals surface area contributed by atoms with Crippen molar-refractivity contribution < 1.29 is 19.2 Å². The summed E-state index contributed by atoms with van der Waals surface area (Å²) in [5.41, 5.74) is 2.42. The molecule has 0 aromatic carbocycles. The molecule has 0 spiro atoms. The van der Waals surface area contributed by atoms with Gasteiger partial charge >= 0.3 is 5.97 Å². The van der Waals surface area contributed by atoms with Gasteiger partial charge in [0.05, 0.1) is 5.56 Å². The Morgan fingerprint density at radius 3 is 2.48 bits per heavy atom. The lowest BCUT2D eigenvalue weighted by Gasteiger charge is -2.31. The molecule has 7 nitrogen and oxygen atoms in total. The quantitative estimate of drug-likeness (QED) is 0.920. The molecule has 1 fully saturated rings. The SMILES string of the molecule is Cc1cc(-n2c(C)cc(C(=O)N3CCC(CC(=O)O)CC3)c2C)no1. The third-order valence-electron chi connectivity index (χ3n) is 4.87. The summed E-state index contributed by atoms with van der Waals surface area (Å²) in [7, 11) is 0. The molecule has 0 saturated carbocycles. The number of carboxylic acids is 1. The Labute approximate surface area is 146 Å². The molecule has 1 aliphatic heterocycles. The first kappa shape index (κ1) is 17.3. The highest BCUT2D eigenvalue weighted by molar-refractivity contribution is 5.96. The highest BCUT2D eigenvalue weighted by Crippen LogP contribution is 2.25. The number of aromatic nitrogens is 2. The monoisotopic (exact) mass is 345 g/mol. The third-order valence-corrected chi connectivity index (χ3v) is 4.87. The summed E-state index contributed by atoms with van der Waals surface area (Å²) in [6, 6.07) is 3.72. The minimum Gasteiger partial charge on any atom is -0.481 e. The molecule has 1 N–H and O–H groups in total. The van der Waals surface area contributed by atoms with E-state index in [2.05, 4.69) is 5.16 Å². The van der Waals surface area contributed by atoms with E-state index >= 15 is 0 Å². The van der Waals surface area contributed by atoms with Gasteiger partial charge in [-0.15, -0.1) is 0 Å². The van der Waals surface area contributed by atoms with Crippen LogP contribution in [-0.2, 0) is 4.79 Å². The van der Waals surface area contributed by atoms with Crippen LogP contribution in [0.3, 0.4) is 0 Å². The van der Waals surface area contributed by atoms with Gasteiger partial charge in [-0.3, -0.25) is 14.2 Å². The van der Waals surface area contributed by atoms with Crippen LogP contribution in [0, 0.1) is 26.7 Å². The van der Waals surface area contributed by atoms with Gasteiger partial charge in [-0.05, 0) is 45.6 Å². The maximum Gasteiger partial charge on any atom is 0.303 e. The first-order chi connectivity index (χ1) is 11.9. The Morgan fingerprint density at radius 1 is 1.24 bits per heavy atom. The lowest BCUT2D eigenvalue weighted by Crippen LogP contribution is -2.39. The Morgan fingerprint density at radius 2 is 1.92 bits per heavy atom. The van der Waals surface area contributed by atoms with E-state index in [1.807, 2.05) is 42.4 Å². The van der Waals surface area contributed by atoms with Gasteiger partial charge in [-0.2, -0.15) is 0 Å². The lowest BCUT2D eigenvalue weighted by atomic mass is 9.93. The van der Waals surface area contributed by atoms with E-state index < -0.39 is 5.97 Å². The second-order valence-corrected chi connectivity index (χ2v) is 6.75. The molecule has 0 radical (unpaired) electrons. The largest absolute Gasteiger partial charge is 0.481 e. The normalized spacial score (nSPS) is 15.6. The fourth-order valence-corrected chi connectivity index (χ4v) is 3.55. The number of carbonyl (C=O) groups is 2. The van der Waals surface area contributed by atoms with Gasteiger partial charge in [0.2, 0.25) is 0 Å². The first-order valence-electron chi connectivity index (χ1n) is 8.50. The molecule has 2 aromatic heterocycles. The van der Waals surface area contributed by atoms with Crippen LogP contribution in [0.15, 0.2) is 16.7 Å². The summed E-state index contributed by atoms with van der Waals surface area (Å²) >= 11 is 0. The highest BCUT2D eigenvalue weighted by Gasteiger charge is 2.27. The minimum atomic E-state index is -0.767. The van der Waals surface area contributed by atoms with E-state index in [1.54, 1.807) is 0 Å². The standard InChI is InChI=1S/C18H23N3O4/c1-11-8-15(13(3)21(11)16-9-12(2)25-19-16)18(24)20-6-4-14(5-7-20)10-17(22)23/h8-9,14H,4-7,10H2,1-3H3,(H,22,23). The van der Waals surface area contributed by atoms with Crippen LogP contribution in [0.2, 0.25) is 0 Å². The van der Waals surface area contributed by atoms with Crippen molar-refractivity contribution in [3.8, 4) is 5.82 Å².